The van der Waals surface area contributed by atoms with Crippen LogP contribution in [0.3, 0.4) is 0 Å². The Bertz CT molecular complexity index is 331. The molecule has 1 aliphatic heterocycles. The summed E-state index contributed by atoms with van der Waals surface area (Å²) < 4.78 is 5.30. The topological polar surface area (TPSA) is 45.7 Å². The molecule has 0 bridgehead atoms. The second-order valence-corrected chi connectivity index (χ2v) is 7.15. The van der Waals surface area contributed by atoms with Crippen LogP contribution in [0.4, 0.5) is 0 Å². The summed E-state index contributed by atoms with van der Waals surface area (Å²) in [7, 11) is 0. The van der Waals surface area contributed by atoms with E-state index in [0.29, 0.717) is 6.04 Å². The molecule has 0 spiro atoms. The van der Waals surface area contributed by atoms with Crippen LogP contribution in [0.2, 0.25) is 0 Å². The summed E-state index contributed by atoms with van der Waals surface area (Å²) >= 11 is 0. The normalized spacial score (nSPS) is 28.8. The summed E-state index contributed by atoms with van der Waals surface area (Å²) in [5.74, 6) is 1.95. The minimum atomic E-state index is 0.251. The Kier molecular flexibility index (Phi) is 6.34. The lowest BCUT2D eigenvalue weighted by Crippen LogP contribution is -2.47. The van der Waals surface area contributed by atoms with Gasteiger partial charge in [0, 0.05) is 18.0 Å². The Balaban J connectivity index is 1.78. The van der Waals surface area contributed by atoms with Gasteiger partial charge in [0.25, 0.3) is 0 Å². The maximum absolute atomic E-state index is 5.30. The lowest BCUT2D eigenvalue weighted by Gasteiger charge is -2.37. The number of nitrogens with one attached hydrogen (secondary N) is 2. The van der Waals surface area contributed by atoms with E-state index >= 15 is 0 Å². The standard InChI is InChI=1S/C17H33N3O/c1-4-6-14-7-9-15(10-8-14)20-16(18-5-2)19-11-17(3)12-21-13-17/h14-15H,4-13H2,1-3H3,(H2,18,19,20). The van der Waals surface area contributed by atoms with Crippen LogP contribution in [0, 0.1) is 11.3 Å². The third kappa shape index (κ3) is 5.17. The molecule has 1 saturated carbocycles. The van der Waals surface area contributed by atoms with Gasteiger partial charge in [0.05, 0.1) is 19.8 Å². The maximum Gasteiger partial charge on any atom is 0.191 e. The first-order valence-electron chi connectivity index (χ1n) is 8.78. The van der Waals surface area contributed by atoms with Gasteiger partial charge in [-0.2, -0.15) is 0 Å². The van der Waals surface area contributed by atoms with Crippen LogP contribution in [-0.2, 0) is 4.74 Å². The number of aliphatic imine (C=N–C) groups is 1. The average Bonchev–Trinajstić information content (AvgIpc) is 2.45. The minimum Gasteiger partial charge on any atom is -0.380 e. The third-order valence-corrected chi connectivity index (χ3v) is 4.75. The molecule has 1 heterocycles. The Morgan fingerprint density at radius 1 is 1.19 bits per heavy atom. The van der Waals surface area contributed by atoms with Crippen LogP contribution in [0.5, 0.6) is 0 Å². The van der Waals surface area contributed by atoms with E-state index in [1.54, 1.807) is 0 Å². The van der Waals surface area contributed by atoms with Crippen molar-refractivity contribution in [2.75, 3.05) is 26.3 Å². The molecule has 1 aliphatic carbocycles. The van der Waals surface area contributed by atoms with Crippen molar-refractivity contribution in [3.05, 3.63) is 0 Å². The van der Waals surface area contributed by atoms with Crippen molar-refractivity contribution in [1.29, 1.82) is 0 Å². The van der Waals surface area contributed by atoms with E-state index in [0.717, 1.165) is 38.2 Å². The van der Waals surface area contributed by atoms with Crippen LogP contribution in [0.15, 0.2) is 4.99 Å². The predicted octanol–water partition coefficient (Wildman–Crippen LogP) is 2.94. The highest BCUT2D eigenvalue weighted by Gasteiger charge is 2.33. The maximum atomic E-state index is 5.30. The molecule has 0 aromatic rings. The average molecular weight is 295 g/mol. The van der Waals surface area contributed by atoms with Crippen molar-refractivity contribution in [2.45, 2.75) is 65.3 Å². The van der Waals surface area contributed by atoms with E-state index in [9.17, 15) is 0 Å². The predicted molar refractivity (Wildman–Crippen MR) is 88.7 cm³/mol. The summed E-state index contributed by atoms with van der Waals surface area (Å²) in [5, 5.41) is 7.02. The molecule has 2 rings (SSSR count). The van der Waals surface area contributed by atoms with Crippen LogP contribution in [0.25, 0.3) is 0 Å². The smallest absolute Gasteiger partial charge is 0.191 e. The van der Waals surface area contributed by atoms with E-state index in [-0.39, 0.29) is 5.41 Å². The van der Waals surface area contributed by atoms with Crippen molar-refractivity contribution in [3.63, 3.8) is 0 Å². The highest BCUT2D eigenvalue weighted by molar-refractivity contribution is 5.80. The quantitative estimate of drug-likeness (QED) is 0.585. The number of nitrogens with zero attached hydrogens (tertiary/aromatic N) is 1. The fraction of sp³-hybridized carbons (Fsp3) is 0.941. The molecule has 0 aromatic carbocycles. The molecule has 0 unspecified atom stereocenters. The van der Waals surface area contributed by atoms with E-state index in [2.05, 4.69) is 31.4 Å². The van der Waals surface area contributed by atoms with E-state index in [1.165, 1.54) is 38.5 Å². The first-order valence-corrected chi connectivity index (χ1v) is 8.78. The summed E-state index contributed by atoms with van der Waals surface area (Å²) in [5.41, 5.74) is 0.251. The number of hydrogen-bond donors (Lipinski definition) is 2. The van der Waals surface area contributed by atoms with E-state index in [4.69, 9.17) is 9.73 Å². The second kappa shape index (κ2) is 8.02. The fourth-order valence-electron chi connectivity index (χ4n) is 3.33. The lowest BCUT2D eigenvalue weighted by atomic mass is 9.83. The molecule has 2 N–H and O–H groups in total. The first kappa shape index (κ1) is 16.6. The Hall–Kier alpha value is -0.770. The molecule has 2 aliphatic rings. The molecule has 0 radical (unpaired) electrons. The second-order valence-electron chi connectivity index (χ2n) is 7.15. The molecule has 21 heavy (non-hydrogen) atoms. The van der Waals surface area contributed by atoms with Gasteiger partial charge in [-0.15, -0.1) is 0 Å². The monoisotopic (exact) mass is 295 g/mol. The van der Waals surface area contributed by atoms with Gasteiger partial charge in [-0.05, 0) is 38.5 Å². The first-order chi connectivity index (χ1) is 10.1. The molecule has 1 saturated heterocycles. The molecular formula is C17H33N3O. The van der Waals surface area contributed by atoms with Crippen molar-refractivity contribution in [1.82, 2.24) is 10.6 Å². The largest absolute Gasteiger partial charge is 0.380 e. The molecule has 4 heteroatoms. The Morgan fingerprint density at radius 2 is 1.90 bits per heavy atom. The molecule has 0 atom stereocenters. The number of rotatable bonds is 6. The van der Waals surface area contributed by atoms with Gasteiger partial charge in [0.2, 0.25) is 0 Å². The van der Waals surface area contributed by atoms with Gasteiger partial charge in [-0.25, -0.2) is 0 Å². The Labute approximate surface area is 130 Å². The van der Waals surface area contributed by atoms with Gasteiger partial charge < -0.3 is 15.4 Å². The van der Waals surface area contributed by atoms with Crippen molar-refractivity contribution < 1.29 is 4.74 Å². The minimum absolute atomic E-state index is 0.251. The van der Waals surface area contributed by atoms with Gasteiger partial charge in [0.15, 0.2) is 5.96 Å². The molecule has 0 aromatic heterocycles. The molecule has 0 amide bonds. The molecule has 122 valence electrons. The van der Waals surface area contributed by atoms with Crippen molar-refractivity contribution in [2.24, 2.45) is 16.3 Å². The van der Waals surface area contributed by atoms with Gasteiger partial charge in [0.1, 0.15) is 0 Å². The zero-order chi connectivity index (χ0) is 15.1. The number of hydrogen-bond acceptors (Lipinski definition) is 2. The van der Waals surface area contributed by atoms with Crippen LogP contribution < -0.4 is 10.6 Å². The highest BCUT2D eigenvalue weighted by Crippen LogP contribution is 2.28. The summed E-state index contributed by atoms with van der Waals surface area (Å²) in [6.07, 6.45) is 8.05. The summed E-state index contributed by atoms with van der Waals surface area (Å²) in [6, 6.07) is 0.598. The lowest BCUT2D eigenvalue weighted by molar-refractivity contribution is -0.0945. The van der Waals surface area contributed by atoms with Gasteiger partial charge in [-0.3, -0.25) is 4.99 Å². The number of ether oxygens (including phenoxy) is 1. The molecular weight excluding hydrogens is 262 g/mol. The zero-order valence-corrected chi connectivity index (χ0v) is 14.1. The van der Waals surface area contributed by atoms with Crippen LogP contribution >= 0.6 is 0 Å². The van der Waals surface area contributed by atoms with Crippen LogP contribution in [-0.4, -0.2) is 38.3 Å². The van der Waals surface area contributed by atoms with Gasteiger partial charge in [-0.1, -0.05) is 26.7 Å². The van der Waals surface area contributed by atoms with Crippen LogP contribution in [0.1, 0.15) is 59.3 Å². The zero-order valence-electron chi connectivity index (χ0n) is 14.1. The van der Waals surface area contributed by atoms with Crippen molar-refractivity contribution >= 4 is 5.96 Å². The Morgan fingerprint density at radius 3 is 2.43 bits per heavy atom. The highest BCUT2D eigenvalue weighted by atomic mass is 16.5. The molecule has 2 fully saturated rings. The third-order valence-electron chi connectivity index (χ3n) is 4.75. The van der Waals surface area contributed by atoms with E-state index in [1.807, 2.05) is 0 Å². The SMILES string of the molecule is CCCC1CCC(NC(=NCC2(C)COC2)NCC)CC1. The van der Waals surface area contributed by atoms with Gasteiger partial charge >= 0.3 is 0 Å². The molecule has 4 nitrogen and oxygen atoms in total. The number of guanidine groups is 1. The van der Waals surface area contributed by atoms with E-state index < -0.39 is 0 Å². The fourth-order valence-corrected chi connectivity index (χ4v) is 3.33. The summed E-state index contributed by atoms with van der Waals surface area (Å²) in [4.78, 5) is 4.77. The summed E-state index contributed by atoms with van der Waals surface area (Å²) in [6.45, 7) is 10.1. The van der Waals surface area contributed by atoms with Crippen molar-refractivity contribution in [3.8, 4) is 0 Å².